The van der Waals surface area contributed by atoms with Crippen molar-refractivity contribution in [3.8, 4) is 69.6 Å². The molecule has 0 spiro atoms. The molecule has 6 aromatic carbocycles. The van der Waals surface area contributed by atoms with Crippen LogP contribution >= 0.6 is 11.6 Å². The van der Waals surface area contributed by atoms with Gasteiger partial charge in [0.25, 0.3) is 0 Å². The number of halogens is 1. The summed E-state index contributed by atoms with van der Waals surface area (Å²) in [5.41, 5.74) is 4.90. The number of hydrogen-bond acceptors (Lipinski definition) is 17. The van der Waals surface area contributed by atoms with E-state index in [0.717, 1.165) is 23.0 Å². The van der Waals surface area contributed by atoms with Crippen LogP contribution in [0, 0.1) is 22.7 Å². The zero-order valence-electron chi connectivity index (χ0n) is 43.9. The van der Waals surface area contributed by atoms with Crippen LogP contribution in [-0.2, 0) is 21.9 Å². The standard InChI is InChI=1S/C28H27N3O5S.C27H24ClN3O4.CH4O2S.CH4.Na.H2O/c1-33-24-7-4-5-8-25(24)36-21-11-9-20(10-12-21)31-28-19(17-29)18-30-23-16-27(26(34-2)15-22(23)28)35-13-6-14-37(3)32;1-32-23-6-3-4-7-24(23)35-20-10-8-19(9-11-20)31-27-18(16-29)17-30-22-15-26(34-13-5-12-28)25(33-2)14-21(22)27;1-4(2)3;;;/h4-5,7-12,15-16,18H,6,13-14H2,1-3H3,(H,30,31);3-4,6-11,14-15,17H,5,12-13H2,1-2H3,(H,30,31);1H3,(H,2,3);1H4;;1H2/q;;;;+1;/p-1. The fourth-order valence-corrected chi connectivity index (χ4v) is 7.86. The summed E-state index contributed by atoms with van der Waals surface area (Å²) in [6.07, 6.45) is 7.20. The molecular formula is C57H60ClN6NaO12S2. The van der Waals surface area contributed by atoms with Crippen molar-refractivity contribution in [2.75, 3.05) is 76.4 Å². The number of pyridine rings is 2. The summed E-state index contributed by atoms with van der Waals surface area (Å²) in [7, 11) is 5.47. The Hall–Kier alpha value is -7.37. The molecule has 22 heteroatoms. The van der Waals surface area contributed by atoms with Crippen LogP contribution in [0.5, 0.6) is 57.5 Å². The predicted molar refractivity (Wildman–Crippen MR) is 307 cm³/mol. The second-order valence-corrected chi connectivity index (χ2v) is 18.7. The third kappa shape index (κ3) is 18.9. The van der Waals surface area contributed by atoms with E-state index in [1.807, 2.05) is 103 Å². The summed E-state index contributed by atoms with van der Waals surface area (Å²) < 4.78 is 74.7. The number of fused-ring (bicyclic) bond motifs is 2. The second-order valence-electron chi connectivity index (χ2n) is 15.9. The molecule has 0 fully saturated rings. The van der Waals surface area contributed by atoms with E-state index in [1.165, 1.54) is 6.20 Å². The molecule has 0 saturated heterocycles. The van der Waals surface area contributed by atoms with E-state index < -0.39 is 21.9 Å². The molecule has 8 rings (SSSR count). The Morgan fingerprint density at radius 2 is 0.937 bits per heavy atom. The molecule has 2 heterocycles. The van der Waals surface area contributed by atoms with Gasteiger partial charge in [0.2, 0.25) is 0 Å². The number of hydrogen-bond donors (Lipinski definition) is 2. The Labute approximate surface area is 492 Å². The number of methoxy groups -OCH3 is 4. The van der Waals surface area contributed by atoms with Crippen LogP contribution in [0.25, 0.3) is 21.8 Å². The Morgan fingerprint density at radius 3 is 1.28 bits per heavy atom. The molecule has 2 aromatic heterocycles. The molecule has 0 aliphatic rings. The van der Waals surface area contributed by atoms with Gasteiger partial charge in [-0.3, -0.25) is 18.4 Å². The first-order valence-electron chi connectivity index (χ1n) is 23.2. The van der Waals surface area contributed by atoms with E-state index in [2.05, 4.69) is 32.7 Å². The number of para-hydroxylation sites is 4. The number of nitriles is 2. The molecule has 0 radical (unpaired) electrons. The molecule has 0 aliphatic carbocycles. The fraction of sp³-hybridized carbons (Fsp3) is 0.228. The zero-order valence-corrected chi connectivity index (χ0v) is 48.3. The summed E-state index contributed by atoms with van der Waals surface area (Å²) in [6, 6.07) is 41.3. The van der Waals surface area contributed by atoms with Crippen molar-refractivity contribution in [3.63, 3.8) is 0 Å². The first kappa shape index (κ1) is 65.9. The fourth-order valence-electron chi connectivity index (χ4n) is 7.23. The van der Waals surface area contributed by atoms with Crippen molar-refractivity contribution < 1.29 is 85.9 Å². The van der Waals surface area contributed by atoms with Gasteiger partial charge in [0.05, 0.1) is 75.2 Å². The summed E-state index contributed by atoms with van der Waals surface area (Å²) in [6.45, 7) is 0.877. The van der Waals surface area contributed by atoms with Gasteiger partial charge in [-0.2, -0.15) is 10.5 Å². The number of anilines is 4. The van der Waals surface area contributed by atoms with E-state index in [9.17, 15) is 14.7 Å². The second kappa shape index (κ2) is 33.8. The van der Waals surface area contributed by atoms with Crippen LogP contribution in [0.2, 0.25) is 0 Å². The van der Waals surface area contributed by atoms with E-state index in [-0.39, 0.29) is 42.5 Å². The third-order valence-corrected chi connectivity index (χ3v) is 11.9. The third-order valence-electron chi connectivity index (χ3n) is 10.8. The van der Waals surface area contributed by atoms with Gasteiger partial charge in [-0.05, 0) is 104 Å². The van der Waals surface area contributed by atoms with Gasteiger partial charge >= 0.3 is 29.6 Å². The van der Waals surface area contributed by atoms with Gasteiger partial charge in [-0.15, -0.1) is 11.6 Å². The molecule has 79 heavy (non-hydrogen) atoms. The maximum absolute atomic E-state index is 11.3. The Balaban J connectivity index is 0.000000376. The Bertz CT molecular complexity index is 3360. The first-order chi connectivity index (χ1) is 36.9. The molecular weight excluding hydrogens is 1080 g/mol. The van der Waals surface area contributed by atoms with Crippen LogP contribution in [0.4, 0.5) is 22.7 Å². The number of nitrogens with zero attached hydrogens (tertiary/aromatic N) is 4. The van der Waals surface area contributed by atoms with E-state index in [1.54, 1.807) is 59.1 Å². The summed E-state index contributed by atoms with van der Waals surface area (Å²) >= 11 is 3.89. The van der Waals surface area contributed by atoms with Crippen molar-refractivity contribution in [1.82, 2.24) is 9.97 Å². The van der Waals surface area contributed by atoms with Crippen LogP contribution in [-0.4, -0.2) is 94.2 Å². The van der Waals surface area contributed by atoms with E-state index >= 15 is 0 Å². The summed E-state index contributed by atoms with van der Waals surface area (Å²) in [5, 5.41) is 27.6. The largest absolute Gasteiger partial charge is 1.00 e. The molecule has 2 unspecified atom stereocenters. The van der Waals surface area contributed by atoms with Crippen molar-refractivity contribution in [2.24, 2.45) is 0 Å². The van der Waals surface area contributed by atoms with Crippen LogP contribution in [0.3, 0.4) is 0 Å². The average Bonchev–Trinajstić information content (AvgIpc) is 3.45. The molecule has 0 bridgehead atoms. The molecule has 2 atom stereocenters. The molecule has 18 nitrogen and oxygen atoms in total. The minimum absolute atomic E-state index is 0. The van der Waals surface area contributed by atoms with Crippen molar-refractivity contribution >= 4 is 78.0 Å². The Morgan fingerprint density at radius 1 is 0.570 bits per heavy atom. The minimum atomic E-state index is -1.86. The first-order valence-corrected chi connectivity index (χ1v) is 27.0. The van der Waals surface area contributed by atoms with Crippen molar-refractivity contribution in [3.05, 3.63) is 145 Å². The molecule has 4 N–H and O–H groups in total. The van der Waals surface area contributed by atoms with Crippen LogP contribution in [0.15, 0.2) is 134 Å². The van der Waals surface area contributed by atoms with Gasteiger partial charge in [0.15, 0.2) is 46.0 Å². The molecule has 0 saturated carbocycles. The van der Waals surface area contributed by atoms with Gasteiger partial charge in [0.1, 0.15) is 23.6 Å². The van der Waals surface area contributed by atoms with Gasteiger partial charge in [-0.1, -0.05) is 42.8 Å². The SMILES string of the molecule is C.COc1cc2c(Nc3ccc(Oc4ccccc4OC)cc3)c(C#N)cnc2cc1OCCCCl.COc1cc2c(Nc3ccc(Oc4ccccc4OC)cc3)c(C#N)cnc2cc1OCCCS(C)=O.CS(=O)[O-].O.[Na+]. The number of rotatable bonds is 21. The van der Waals surface area contributed by atoms with E-state index in [4.69, 9.17) is 58.3 Å². The molecule has 410 valence electrons. The number of alkyl halides is 1. The zero-order chi connectivity index (χ0) is 54.4. The van der Waals surface area contributed by atoms with Crippen LogP contribution < -0.4 is 78.1 Å². The molecule has 0 amide bonds. The summed E-state index contributed by atoms with van der Waals surface area (Å²) in [5.74, 6) is 7.09. The van der Waals surface area contributed by atoms with Crippen molar-refractivity contribution in [2.45, 2.75) is 20.3 Å². The number of ether oxygens (including phenoxy) is 8. The van der Waals surface area contributed by atoms with Gasteiger partial charge in [0, 0.05) is 75.4 Å². The summed E-state index contributed by atoms with van der Waals surface area (Å²) in [4.78, 5) is 8.89. The number of aromatic nitrogens is 2. The van der Waals surface area contributed by atoms with E-state index in [0.29, 0.717) is 134 Å². The van der Waals surface area contributed by atoms with Crippen LogP contribution in [0.1, 0.15) is 31.4 Å². The van der Waals surface area contributed by atoms with Gasteiger partial charge in [-0.25, -0.2) is 0 Å². The monoisotopic (exact) mass is 1140 g/mol. The normalized spacial score (nSPS) is 10.8. The Kier molecular flexibility index (Phi) is 28.2. The topological polar surface area (TPSA) is 260 Å². The average molecular weight is 1140 g/mol. The molecule has 8 aromatic rings. The predicted octanol–water partition coefficient (Wildman–Crippen LogP) is 8.78. The van der Waals surface area contributed by atoms with Gasteiger partial charge < -0.3 is 58.6 Å². The maximum atomic E-state index is 11.3. The molecule has 0 aliphatic heterocycles. The number of nitrogens with one attached hydrogen (secondary N) is 2. The maximum Gasteiger partial charge on any atom is 1.00 e. The number of benzene rings is 6. The van der Waals surface area contributed by atoms with Crippen molar-refractivity contribution in [1.29, 1.82) is 10.5 Å². The minimum Gasteiger partial charge on any atom is -0.773 e. The quantitative estimate of drug-likeness (QED) is 0.0295. The smallest absolute Gasteiger partial charge is 0.773 e.